The van der Waals surface area contributed by atoms with Gasteiger partial charge in [-0.2, -0.15) is 0 Å². The van der Waals surface area contributed by atoms with Crippen LogP contribution in [-0.2, 0) is 14.2 Å². The molecular weight excluding hydrogens is 370 g/mol. The molecule has 0 aromatic carbocycles. The third kappa shape index (κ3) is 3.13. The van der Waals surface area contributed by atoms with Crippen molar-refractivity contribution in [2.24, 2.45) is 11.7 Å². The summed E-state index contributed by atoms with van der Waals surface area (Å²) in [6.07, 6.45) is 13.3. The second-order valence-electron chi connectivity index (χ2n) is 8.69. The van der Waals surface area contributed by atoms with E-state index < -0.39 is 18.1 Å². The van der Waals surface area contributed by atoms with Crippen LogP contribution in [0.15, 0.2) is 12.7 Å². The Hall–Kier alpha value is -2.05. The molecule has 2 aromatic rings. The average molecular weight is 397 g/mol. The lowest BCUT2D eigenvalue weighted by Gasteiger charge is -2.27. The van der Waals surface area contributed by atoms with Crippen molar-refractivity contribution >= 4 is 11.2 Å². The minimum Gasteiger partial charge on any atom is -0.341 e. The van der Waals surface area contributed by atoms with Gasteiger partial charge < -0.3 is 19.9 Å². The van der Waals surface area contributed by atoms with Crippen LogP contribution in [0.4, 0.5) is 0 Å². The van der Waals surface area contributed by atoms with E-state index in [1.54, 1.807) is 12.7 Å². The molecule has 29 heavy (non-hydrogen) atoms. The van der Waals surface area contributed by atoms with Crippen molar-refractivity contribution in [3.8, 4) is 12.3 Å². The van der Waals surface area contributed by atoms with Crippen LogP contribution >= 0.6 is 0 Å². The highest BCUT2D eigenvalue weighted by molar-refractivity contribution is 5.73. The zero-order chi connectivity index (χ0) is 20.2. The normalized spacial score (nSPS) is 32.9. The van der Waals surface area contributed by atoms with E-state index in [4.69, 9.17) is 26.4 Å². The fourth-order valence-corrected chi connectivity index (χ4v) is 4.95. The van der Waals surface area contributed by atoms with Gasteiger partial charge in [-0.1, -0.05) is 25.2 Å². The summed E-state index contributed by atoms with van der Waals surface area (Å²) in [7, 11) is 0. The Balaban J connectivity index is 1.50. The van der Waals surface area contributed by atoms with Crippen molar-refractivity contribution in [3.63, 3.8) is 0 Å². The number of hydrogen-bond donors (Lipinski definition) is 1. The van der Waals surface area contributed by atoms with Crippen molar-refractivity contribution in [1.29, 1.82) is 0 Å². The van der Waals surface area contributed by atoms with Gasteiger partial charge in [-0.25, -0.2) is 15.0 Å². The molecule has 0 radical (unpaired) electrons. The van der Waals surface area contributed by atoms with Gasteiger partial charge in [0.2, 0.25) is 0 Å². The summed E-state index contributed by atoms with van der Waals surface area (Å²) in [5.74, 6) is 2.38. The number of nitrogens with zero attached hydrogens (tertiary/aromatic N) is 4. The van der Waals surface area contributed by atoms with Crippen molar-refractivity contribution in [2.75, 3.05) is 0 Å². The molecule has 0 spiro atoms. The molecule has 5 rings (SSSR count). The van der Waals surface area contributed by atoms with E-state index in [1.807, 2.05) is 18.4 Å². The molecule has 5 atom stereocenters. The van der Waals surface area contributed by atoms with Gasteiger partial charge in [0.25, 0.3) is 0 Å². The number of rotatable bonds is 3. The van der Waals surface area contributed by atoms with Crippen LogP contribution in [-0.4, -0.2) is 43.6 Å². The average Bonchev–Trinajstić information content (AvgIpc) is 3.38. The maximum atomic E-state index is 6.62. The molecule has 2 aliphatic heterocycles. The Bertz CT molecular complexity index is 945. The smallest absolute Gasteiger partial charge is 0.167 e. The maximum absolute atomic E-state index is 6.62. The van der Waals surface area contributed by atoms with E-state index >= 15 is 0 Å². The van der Waals surface area contributed by atoms with Crippen LogP contribution in [0.1, 0.15) is 63.9 Å². The first kappa shape index (κ1) is 18.9. The monoisotopic (exact) mass is 397 g/mol. The fourth-order valence-electron chi connectivity index (χ4n) is 4.95. The molecule has 8 nitrogen and oxygen atoms in total. The molecule has 8 heteroatoms. The summed E-state index contributed by atoms with van der Waals surface area (Å²) in [6.45, 7) is 3.76. The highest BCUT2D eigenvalue weighted by atomic mass is 16.8. The van der Waals surface area contributed by atoms with Gasteiger partial charge in [0.1, 0.15) is 30.2 Å². The van der Waals surface area contributed by atoms with Gasteiger partial charge in [-0.15, -0.1) is 6.42 Å². The molecule has 1 unspecified atom stereocenters. The van der Waals surface area contributed by atoms with Gasteiger partial charge in [-0.05, 0) is 32.6 Å². The molecule has 0 bridgehead atoms. The second kappa shape index (κ2) is 7.03. The SMILES string of the molecule is C#C[C@H]1O[C@@H](n2cnc3c(C(N)C4CCCCC4)ncnc32)[C@@H]2OC(C)(C)O[C@@H]21. The summed E-state index contributed by atoms with van der Waals surface area (Å²) in [4.78, 5) is 13.6. The highest BCUT2D eigenvalue weighted by Crippen LogP contribution is 2.44. The fraction of sp³-hybridized carbons (Fsp3) is 0.667. The first-order chi connectivity index (χ1) is 14.0. The van der Waals surface area contributed by atoms with Crippen molar-refractivity contribution in [2.45, 2.75) is 82.3 Å². The van der Waals surface area contributed by atoms with Gasteiger partial charge in [0.05, 0.1) is 18.1 Å². The van der Waals surface area contributed by atoms with E-state index in [0.29, 0.717) is 17.1 Å². The molecular formula is C21H27N5O3. The van der Waals surface area contributed by atoms with E-state index in [2.05, 4.69) is 20.9 Å². The maximum Gasteiger partial charge on any atom is 0.167 e. The quantitative estimate of drug-likeness (QED) is 0.795. The molecule has 2 aromatic heterocycles. The van der Waals surface area contributed by atoms with Gasteiger partial charge in [0.15, 0.2) is 17.7 Å². The van der Waals surface area contributed by atoms with Crippen molar-refractivity contribution < 1.29 is 14.2 Å². The predicted molar refractivity (Wildman–Crippen MR) is 105 cm³/mol. The number of aromatic nitrogens is 4. The molecule has 2 saturated heterocycles. The van der Waals surface area contributed by atoms with E-state index in [-0.39, 0.29) is 18.2 Å². The Morgan fingerprint density at radius 3 is 2.69 bits per heavy atom. The lowest BCUT2D eigenvalue weighted by Crippen LogP contribution is -2.28. The predicted octanol–water partition coefficient (Wildman–Crippen LogP) is 2.46. The number of fused-ring (bicyclic) bond motifs is 2. The van der Waals surface area contributed by atoms with Crippen LogP contribution < -0.4 is 5.73 Å². The first-order valence-electron chi connectivity index (χ1n) is 10.4. The third-order valence-corrected chi connectivity index (χ3v) is 6.33. The van der Waals surface area contributed by atoms with Crippen LogP contribution in [0.25, 0.3) is 11.2 Å². The number of terminal acetylenes is 1. The Morgan fingerprint density at radius 1 is 1.17 bits per heavy atom. The molecule has 1 aliphatic carbocycles. The van der Waals surface area contributed by atoms with E-state index in [0.717, 1.165) is 18.5 Å². The van der Waals surface area contributed by atoms with Crippen LogP contribution in [0.2, 0.25) is 0 Å². The summed E-state index contributed by atoms with van der Waals surface area (Å²) >= 11 is 0. The van der Waals surface area contributed by atoms with Crippen LogP contribution in [0.5, 0.6) is 0 Å². The van der Waals surface area contributed by atoms with Gasteiger partial charge >= 0.3 is 0 Å². The Kier molecular flexibility index (Phi) is 4.59. The summed E-state index contributed by atoms with van der Waals surface area (Å²) in [5, 5.41) is 0. The van der Waals surface area contributed by atoms with Gasteiger partial charge in [0, 0.05) is 0 Å². The molecule has 0 amide bonds. The molecule has 1 saturated carbocycles. The summed E-state index contributed by atoms with van der Waals surface area (Å²) < 4.78 is 20.0. The van der Waals surface area contributed by atoms with Crippen LogP contribution in [0, 0.1) is 18.3 Å². The first-order valence-corrected chi connectivity index (χ1v) is 10.4. The van der Waals surface area contributed by atoms with Crippen LogP contribution in [0.3, 0.4) is 0 Å². The summed E-state index contributed by atoms with van der Waals surface area (Å²) in [6, 6.07) is -0.148. The number of hydrogen-bond acceptors (Lipinski definition) is 7. The third-order valence-electron chi connectivity index (χ3n) is 6.33. The number of ether oxygens (including phenoxy) is 3. The lowest BCUT2D eigenvalue weighted by molar-refractivity contribution is -0.190. The molecule has 4 heterocycles. The largest absolute Gasteiger partial charge is 0.341 e. The Labute approximate surface area is 170 Å². The molecule has 154 valence electrons. The van der Waals surface area contributed by atoms with E-state index in [1.165, 1.54) is 19.3 Å². The second-order valence-corrected chi connectivity index (χ2v) is 8.69. The summed E-state index contributed by atoms with van der Waals surface area (Å²) in [5.41, 5.74) is 8.81. The van der Waals surface area contributed by atoms with Gasteiger partial charge in [-0.3, -0.25) is 4.57 Å². The minimum absolute atomic E-state index is 0.148. The topological polar surface area (TPSA) is 97.3 Å². The van der Waals surface area contributed by atoms with Crippen molar-refractivity contribution in [1.82, 2.24) is 19.5 Å². The zero-order valence-electron chi connectivity index (χ0n) is 16.8. The molecule has 3 fully saturated rings. The number of nitrogens with two attached hydrogens (primary N) is 1. The standard InChI is InChI=1S/C21H27N5O3/c1-4-13-17-18(29-21(2,3)28-17)20(27-13)26-11-25-16-15(23-10-24-19(16)26)14(22)12-8-6-5-7-9-12/h1,10-14,17-18,20H,5-9,22H2,2-3H3/t13-,14?,17-,18-,20-/m1/s1. The molecule has 3 aliphatic rings. The Morgan fingerprint density at radius 2 is 1.93 bits per heavy atom. The van der Waals surface area contributed by atoms with E-state index in [9.17, 15) is 0 Å². The van der Waals surface area contributed by atoms with Crippen molar-refractivity contribution in [3.05, 3.63) is 18.3 Å². The zero-order valence-corrected chi connectivity index (χ0v) is 16.8. The lowest BCUT2D eigenvalue weighted by atomic mass is 9.83. The molecule has 2 N–H and O–H groups in total. The minimum atomic E-state index is -0.716. The number of imidazole rings is 1. The highest BCUT2D eigenvalue weighted by Gasteiger charge is 2.55.